The van der Waals surface area contributed by atoms with Crippen LogP contribution in [0.15, 0.2) is 0 Å². The Labute approximate surface area is 105 Å². The maximum absolute atomic E-state index is 9.92. The zero-order valence-corrected chi connectivity index (χ0v) is 10.1. The molecule has 1 saturated heterocycles. The molecule has 2 aliphatic carbocycles. The van der Waals surface area contributed by atoms with Gasteiger partial charge in [0.25, 0.3) is 0 Å². The number of rotatable bonds is 0. The number of fused-ring (bicyclic) bond motifs is 1. The molecule has 6 nitrogen and oxygen atoms in total. The normalized spacial score (nSPS) is 51.3. The molecule has 0 aromatic heterocycles. The summed E-state index contributed by atoms with van der Waals surface area (Å²) in [4.78, 5) is 0. The lowest BCUT2D eigenvalue weighted by atomic mass is 9.85. The molecule has 104 valence electrons. The molecule has 3 aliphatic rings. The first kappa shape index (κ1) is 12.8. The Balaban J connectivity index is 1.82. The van der Waals surface area contributed by atoms with Crippen LogP contribution in [0.2, 0.25) is 0 Å². The zero-order chi connectivity index (χ0) is 12.9. The molecule has 1 aliphatic heterocycles. The first-order valence-corrected chi connectivity index (χ1v) is 6.62. The maximum atomic E-state index is 9.92. The molecule has 0 aromatic rings. The molecule has 1 spiro atoms. The molecule has 0 radical (unpaired) electrons. The average Bonchev–Trinajstić information content (AvgIpc) is 2.74. The van der Waals surface area contributed by atoms with Crippen LogP contribution in [0.4, 0.5) is 0 Å². The molecule has 6 atom stereocenters. The monoisotopic (exact) mass is 260 g/mol. The van der Waals surface area contributed by atoms with Gasteiger partial charge in [-0.15, -0.1) is 0 Å². The van der Waals surface area contributed by atoms with E-state index in [4.69, 9.17) is 9.47 Å². The molecule has 3 rings (SSSR count). The Kier molecular flexibility index (Phi) is 3.12. The minimum atomic E-state index is -1.40. The van der Waals surface area contributed by atoms with E-state index in [1.54, 1.807) is 0 Å². The third-order valence-corrected chi connectivity index (χ3v) is 4.36. The highest BCUT2D eigenvalue weighted by Gasteiger charge is 2.59. The molecule has 0 bridgehead atoms. The highest BCUT2D eigenvalue weighted by atomic mass is 16.8. The third kappa shape index (κ3) is 1.79. The van der Waals surface area contributed by atoms with Crippen molar-refractivity contribution < 1.29 is 29.9 Å². The highest BCUT2D eigenvalue weighted by Crippen LogP contribution is 2.44. The minimum Gasteiger partial charge on any atom is -0.387 e. The van der Waals surface area contributed by atoms with E-state index in [-0.39, 0.29) is 0 Å². The van der Waals surface area contributed by atoms with Gasteiger partial charge in [0.15, 0.2) is 5.79 Å². The van der Waals surface area contributed by atoms with Gasteiger partial charge in [-0.2, -0.15) is 0 Å². The molecule has 1 heterocycles. The van der Waals surface area contributed by atoms with E-state index in [1.807, 2.05) is 0 Å². The molecule has 3 fully saturated rings. The van der Waals surface area contributed by atoms with Crippen LogP contribution in [0, 0.1) is 0 Å². The van der Waals surface area contributed by atoms with Crippen LogP contribution in [0.25, 0.3) is 0 Å². The van der Waals surface area contributed by atoms with Gasteiger partial charge in [-0.25, -0.2) is 0 Å². The van der Waals surface area contributed by atoms with Gasteiger partial charge in [-0.3, -0.25) is 0 Å². The van der Waals surface area contributed by atoms with Gasteiger partial charge in [0.05, 0.1) is 0 Å². The molecule has 0 unspecified atom stereocenters. The Morgan fingerprint density at radius 2 is 1.11 bits per heavy atom. The zero-order valence-electron chi connectivity index (χ0n) is 10.1. The van der Waals surface area contributed by atoms with Gasteiger partial charge >= 0.3 is 0 Å². The van der Waals surface area contributed by atoms with E-state index >= 15 is 0 Å². The summed E-state index contributed by atoms with van der Waals surface area (Å²) in [6.45, 7) is 0. The van der Waals surface area contributed by atoms with E-state index in [0.717, 1.165) is 32.1 Å². The van der Waals surface area contributed by atoms with Crippen molar-refractivity contribution in [1.82, 2.24) is 0 Å². The lowest BCUT2D eigenvalue weighted by molar-refractivity contribution is -0.203. The van der Waals surface area contributed by atoms with Crippen molar-refractivity contribution >= 4 is 0 Å². The van der Waals surface area contributed by atoms with Crippen molar-refractivity contribution in [3.05, 3.63) is 0 Å². The van der Waals surface area contributed by atoms with E-state index < -0.39 is 42.4 Å². The van der Waals surface area contributed by atoms with Crippen LogP contribution in [0.3, 0.4) is 0 Å². The first-order valence-electron chi connectivity index (χ1n) is 6.62. The van der Waals surface area contributed by atoms with Crippen LogP contribution in [-0.2, 0) is 9.47 Å². The van der Waals surface area contributed by atoms with E-state index in [0.29, 0.717) is 0 Å². The lowest BCUT2D eigenvalue weighted by Gasteiger charge is -2.38. The van der Waals surface area contributed by atoms with Gasteiger partial charge in [-0.1, -0.05) is 6.42 Å². The van der Waals surface area contributed by atoms with Gasteiger partial charge < -0.3 is 29.9 Å². The summed E-state index contributed by atoms with van der Waals surface area (Å²) in [5.74, 6) is -0.751. The number of hydrogen-bond acceptors (Lipinski definition) is 6. The Morgan fingerprint density at radius 3 is 1.56 bits per heavy atom. The molecular weight excluding hydrogens is 240 g/mol. The lowest BCUT2D eigenvalue weighted by Crippen LogP contribution is -2.62. The summed E-state index contributed by atoms with van der Waals surface area (Å²) in [5, 5.41) is 39.2. The molecular formula is C12H20O6. The second-order valence-corrected chi connectivity index (χ2v) is 5.60. The topological polar surface area (TPSA) is 99.4 Å². The fourth-order valence-corrected chi connectivity index (χ4v) is 3.30. The van der Waals surface area contributed by atoms with Crippen LogP contribution in [-0.4, -0.2) is 62.8 Å². The van der Waals surface area contributed by atoms with E-state index in [1.165, 1.54) is 0 Å². The van der Waals surface area contributed by atoms with Crippen molar-refractivity contribution in [2.24, 2.45) is 0 Å². The number of aliphatic hydroxyl groups excluding tert-OH is 4. The van der Waals surface area contributed by atoms with Gasteiger partial charge in [0.1, 0.15) is 36.6 Å². The smallest absolute Gasteiger partial charge is 0.169 e. The van der Waals surface area contributed by atoms with Crippen molar-refractivity contribution in [3.63, 3.8) is 0 Å². The van der Waals surface area contributed by atoms with Crippen LogP contribution >= 0.6 is 0 Å². The SMILES string of the molecule is O[C@@H]1[C@H](O)[C@H](O)[C@H]2OC3(CCCCC3)O[C@@H]2[C@H]1O. The summed E-state index contributed by atoms with van der Waals surface area (Å²) in [6.07, 6.45) is -2.24. The van der Waals surface area contributed by atoms with Crippen LogP contribution in [0.1, 0.15) is 32.1 Å². The number of aliphatic hydroxyl groups is 4. The Bertz CT molecular complexity index is 292. The van der Waals surface area contributed by atoms with Gasteiger partial charge in [-0.05, 0) is 12.8 Å². The predicted octanol–water partition coefficient (Wildman–Crippen LogP) is -1.11. The second kappa shape index (κ2) is 4.40. The van der Waals surface area contributed by atoms with Crippen molar-refractivity contribution in [3.8, 4) is 0 Å². The second-order valence-electron chi connectivity index (χ2n) is 5.60. The van der Waals surface area contributed by atoms with Crippen LogP contribution in [0.5, 0.6) is 0 Å². The minimum absolute atomic E-state index is 0.728. The third-order valence-electron chi connectivity index (χ3n) is 4.36. The van der Waals surface area contributed by atoms with E-state index in [9.17, 15) is 20.4 Å². The fraction of sp³-hybridized carbons (Fsp3) is 1.00. The average molecular weight is 260 g/mol. The van der Waals surface area contributed by atoms with Gasteiger partial charge in [0.2, 0.25) is 0 Å². The summed E-state index contributed by atoms with van der Waals surface area (Å²) in [6, 6.07) is 0. The fourth-order valence-electron chi connectivity index (χ4n) is 3.30. The van der Waals surface area contributed by atoms with Gasteiger partial charge in [0, 0.05) is 12.8 Å². The standard InChI is InChI=1S/C12H20O6/c13-6-7(14)9(16)11-10(8(6)15)17-12(18-11)4-2-1-3-5-12/h6-11,13-16H,1-5H2/t6-,7+,8-,9-,10+,11+/m0/s1. The Morgan fingerprint density at radius 1 is 0.667 bits per heavy atom. The summed E-state index contributed by atoms with van der Waals surface area (Å²) in [5.41, 5.74) is 0. The first-order chi connectivity index (χ1) is 8.54. The number of ether oxygens (including phenoxy) is 2. The molecule has 0 amide bonds. The summed E-state index contributed by atoms with van der Waals surface area (Å²) < 4.78 is 11.6. The van der Waals surface area contributed by atoms with Crippen LogP contribution < -0.4 is 0 Å². The summed E-state index contributed by atoms with van der Waals surface area (Å²) in [7, 11) is 0. The highest BCUT2D eigenvalue weighted by molar-refractivity contribution is 5.04. The molecule has 18 heavy (non-hydrogen) atoms. The van der Waals surface area contributed by atoms with Crippen molar-refractivity contribution in [2.75, 3.05) is 0 Å². The Hall–Kier alpha value is -0.240. The molecule has 4 N–H and O–H groups in total. The maximum Gasteiger partial charge on any atom is 0.169 e. The predicted molar refractivity (Wildman–Crippen MR) is 59.6 cm³/mol. The number of hydrogen-bond donors (Lipinski definition) is 4. The van der Waals surface area contributed by atoms with Crippen molar-refractivity contribution in [1.29, 1.82) is 0 Å². The summed E-state index contributed by atoms with van der Waals surface area (Å²) >= 11 is 0. The largest absolute Gasteiger partial charge is 0.387 e. The quantitative estimate of drug-likeness (QED) is 0.441. The molecule has 0 aromatic carbocycles. The van der Waals surface area contributed by atoms with Crippen molar-refractivity contribution in [2.45, 2.75) is 74.5 Å². The molecule has 6 heteroatoms. The van der Waals surface area contributed by atoms with E-state index in [2.05, 4.69) is 0 Å². The molecule has 2 saturated carbocycles.